The van der Waals surface area contributed by atoms with Crippen molar-refractivity contribution in [3.05, 3.63) is 0 Å². The first-order valence-corrected chi connectivity index (χ1v) is 2.23. The molecule has 0 aliphatic rings. The van der Waals surface area contributed by atoms with Crippen molar-refractivity contribution in [2.24, 2.45) is 0 Å². The monoisotopic (exact) mass is 122 g/mol. The van der Waals surface area contributed by atoms with Crippen molar-refractivity contribution >= 4 is 5.78 Å². The molecular formula is C5H14O3. The summed E-state index contributed by atoms with van der Waals surface area (Å²) in [5, 5.41) is 7.57. The molecular weight excluding hydrogens is 108 g/mol. The number of ketones is 1. The Labute approximate surface area is 49.6 Å². The smallest absolute Gasteiger partial charge is 0.126 e. The lowest BCUT2D eigenvalue weighted by molar-refractivity contribution is -0.114. The second-order valence-corrected chi connectivity index (χ2v) is 1.22. The zero-order valence-corrected chi connectivity index (χ0v) is 5.56. The van der Waals surface area contributed by atoms with Gasteiger partial charge in [0, 0.05) is 6.61 Å². The average Bonchev–Trinajstić information content (AvgIpc) is 1.33. The minimum atomic E-state index is 0. The van der Waals surface area contributed by atoms with Gasteiger partial charge < -0.3 is 15.4 Å². The number of hydrogen-bond donors (Lipinski definition) is 1. The van der Waals surface area contributed by atoms with Gasteiger partial charge in [0.2, 0.25) is 0 Å². The van der Waals surface area contributed by atoms with Crippen LogP contribution in [0.15, 0.2) is 0 Å². The summed E-state index contributed by atoms with van der Waals surface area (Å²) in [6.45, 7) is 4.99. The van der Waals surface area contributed by atoms with Gasteiger partial charge in [-0.15, -0.1) is 0 Å². The Morgan fingerprint density at radius 1 is 1.50 bits per heavy atom. The fourth-order valence-electron chi connectivity index (χ4n) is 0. The summed E-state index contributed by atoms with van der Waals surface area (Å²) >= 11 is 0. The number of aliphatic hydroxyl groups excluding tert-OH is 1. The van der Waals surface area contributed by atoms with Crippen LogP contribution >= 0.6 is 0 Å². The Morgan fingerprint density at radius 2 is 1.50 bits per heavy atom. The van der Waals surface area contributed by atoms with Gasteiger partial charge >= 0.3 is 0 Å². The summed E-state index contributed by atoms with van der Waals surface area (Å²) < 4.78 is 0. The Hall–Kier alpha value is -0.410. The molecule has 3 nitrogen and oxygen atoms in total. The summed E-state index contributed by atoms with van der Waals surface area (Å²) in [7, 11) is 0. The van der Waals surface area contributed by atoms with E-state index in [9.17, 15) is 4.79 Å². The van der Waals surface area contributed by atoms with Gasteiger partial charge in [0.1, 0.15) is 5.78 Å². The molecule has 0 fully saturated rings. The van der Waals surface area contributed by atoms with Crippen LogP contribution in [0.2, 0.25) is 0 Å². The molecule has 0 spiro atoms. The minimum absolute atomic E-state index is 0. The molecule has 8 heavy (non-hydrogen) atoms. The highest BCUT2D eigenvalue weighted by Gasteiger charge is 1.62. The maximum absolute atomic E-state index is 9.44. The zero-order valence-electron chi connectivity index (χ0n) is 5.56. The second kappa shape index (κ2) is 16.0. The largest absolute Gasteiger partial charge is 0.412 e. The Kier molecular flexibility index (Phi) is 31.2. The van der Waals surface area contributed by atoms with E-state index < -0.39 is 0 Å². The van der Waals surface area contributed by atoms with E-state index in [1.54, 1.807) is 6.92 Å². The molecule has 0 saturated heterocycles. The Bertz CT molecular complexity index is 38.9. The third-order valence-electron chi connectivity index (χ3n) is 0. The molecule has 0 unspecified atom stereocenters. The van der Waals surface area contributed by atoms with Gasteiger partial charge in [-0.05, 0) is 20.8 Å². The first kappa shape index (κ1) is 15.6. The molecule has 0 aliphatic carbocycles. The molecule has 0 heterocycles. The van der Waals surface area contributed by atoms with Gasteiger partial charge in [-0.2, -0.15) is 0 Å². The Morgan fingerprint density at radius 3 is 1.50 bits per heavy atom. The van der Waals surface area contributed by atoms with E-state index in [1.807, 2.05) is 0 Å². The van der Waals surface area contributed by atoms with Crippen molar-refractivity contribution in [3.63, 3.8) is 0 Å². The second-order valence-electron chi connectivity index (χ2n) is 1.22. The van der Waals surface area contributed by atoms with Gasteiger partial charge in [0.15, 0.2) is 0 Å². The van der Waals surface area contributed by atoms with E-state index in [1.165, 1.54) is 13.8 Å². The van der Waals surface area contributed by atoms with Crippen molar-refractivity contribution in [1.82, 2.24) is 0 Å². The van der Waals surface area contributed by atoms with Crippen LogP contribution in [0.4, 0.5) is 0 Å². The lowest BCUT2D eigenvalue weighted by Gasteiger charge is -1.56. The highest BCUT2D eigenvalue weighted by molar-refractivity contribution is 5.72. The van der Waals surface area contributed by atoms with Crippen LogP contribution in [0.1, 0.15) is 20.8 Å². The topological polar surface area (TPSA) is 68.8 Å². The molecule has 0 aromatic rings. The third kappa shape index (κ3) is 701. The van der Waals surface area contributed by atoms with Crippen molar-refractivity contribution in [3.8, 4) is 0 Å². The van der Waals surface area contributed by atoms with E-state index >= 15 is 0 Å². The van der Waals surface area contributed by atoms with E-state index in [0.29, 0.717) is 0 Å². The number of aliphatic hydroxyl groups is 1. The third-order valence-corrected chi connectivity index (χ3v) is 0. The molecule has 0 saturated carbocycles. The van der Waals surface area contributed by atoms with Crippen LogP contribution in [-0.4, -0.2) is 23.0 Å². The number of carbonyl (C=O) groups excluding carboxylic acids is 1. The van der Waals surface area contributed by atoms with E-state index in [0.717, 1.165) is 0 Å². The predicted molar refractivity (Wildman–Crippen MR) is 32.7 cm³/mol. The standard InChI is InChI=1S/C3H6O.C2H6O.H2O/c1-3(2)4;1-2-3;/h1-2H3;3H,2H2,1H3;1H2. The SMILES string of the molecule is CC(C)=O.CCO.O. The van der Waals surface area contributed by atoms with Gasteiger partial charge in [0.25, 0.3) is 0 Å². The molecule has 0 bridgehead atoms. The predicted octanol–water partition coefficient (Wildman–Crippen LogP) is -0.231. The van der Waals surface area contributed by atoms with Gasteiger partial charge in [-0.1, -0.05) is 0 Å². The lowest BCUT2D eigenvalue weighted by Crippen LogP contribution is -1.69. The molecule has 0 atom stereocenters. The maximum atomic E-state index is 9.44. The minimum Gasteiger partial charge on any atom is -0.412 e. The molecule has 52 valence electrons. The summed E-state index contributed by atoms with van der Waals surface area (Å²) in [5.41, 5.74) is 0. The Balaban J connectivity index is -0.0000000575. The highest BCUT2D eigenvalue weighted by Crippen LogP contribution is 1.50. The van der Waals surface area contributed by atoms with Crippen LogP contribution in [0.5, 0.6) is 0 Å². The van der Waals surface area contributed by atoms with Crippen molar-refractivity contribution in [2.75, 3.05) is 6.61 Å². The number of Topliss-reactive ketones (excluding diaryl/α,β-unsaturated/α-hetero) is 1. The summed E-state index contributed by atoms with van der Waals surface area (Å²) in [6.07, 6.45) is 0. The van der Waals surface area contributed by atoms with E-state index in [-0.39, 0.29) is 17.9 Å². The molecule has 3 N–H and O–H groups in total. The van der Waals surface area contributed by atoms with Gasteiger partial charge in [0.05, 0.1) is 0 Å². The molecule has 3 heteroatoms. The fraction of sp³-hybridized carbons (Fsp3) is 0.800. The molecule has 0 amide bonds. The first-order chi connectivity index (χ1) is 3.15. The van der Waals surface area contributed by atoms with E-state index in [2.05, 4.69) is 0 Å². The highest BCUT2D eigenvalue weighted by atomic mass is 16.2. The molecule has 0 aromatic heterocycles. The molecule has 0 aromatic carbocycles. The number of carbonyl (C=O) groups is 1. The van der Waals surface area contributed by atoms with Crippen molar-refractivity contribution < 1.29 is 15.4 Å². The number of rotatable bonds is 0. The van der Waals surface area contributed by atoms with Crippen LogP contribution in [-0.2, 0) is 4.79 Å². The number of hydrogen-bond acceptors (Lipinski definition) is 2. The van der Waals surface area contributed by atoms with Crippen LogP contribution in [0.3, 0.4) is 0 Å². The van der Waals surface area contributed by atoms with Gasteiger partial charge in [-0.3, -0.25) is 0 Å². The van der Waals surface area contributed by atoms with Crippen LogP contribution in [0, 0.1) is 0 Å². The maximum Gasteiger partial charge on any atom is 0.126 e. The van der Waals surface area contributed by atoms with Crippen molar-refractivity contribution in [2.45, 2.75) is 20.8 Å². The molecule has 0 aliphatic heterocycles. The molecule has 0 radical (unpaired) electrons. The van der Waals surface area contributed by atoms with Gasteiger partial charge in [-0.25, -0.2) is 0 Å². The first-order valence-electron chi connectivity index (χ1n) is 2.23. The fourth-order valence-corrected chi connectivity index (χ4v) is 0. The van der Waals surface area contributed by atoms with Crippen LogP contribution < -0.4 is 0 Å². The summed E-state index contributed by atoms with van der Waals surface area (Å²) in [6, 6.07) is 0. The zero-order chi connectivity index (χ0) is 6.28. The molecule has 0 rings (SSSR count). The van der Waals surface area contributed by atoms with E-state index in [4.69, 9.17) is 5.11 Å². The summed E-state index contributed by atoms with van der Waals surface area (Å²) in [5.74, 6) is 0.167. The normalized spacial score (nSPS) is 5.50. The summed E-state index contributed by atoms with van der Waals surface area (Å²) in [4.78, 5) is 9.44. The quantitative estimate of drug-likeness (QED) is 0.482. The average molecular weight is 122 g/mol. The lowest BCUT2D eigenvalue weighted by atomic mass is 10.6. The van der Waals surface area contributed by atoms with Crippen LogP contribution in [0.25, 0.3) is 0 Å². The van der Waals surface area contributed by atoms with Crippen molar-refractivity contribution in [1.29, 1.82) is 0 Å².